The molecule has 1 atom stereocenters. The predicted molar refractivity (Wildman–Crippen MR) is 72.5 cm³/mol. The van der Waals surface area contributed by atoms with Gasteiger partial charge in [-0.05, 0) is 23.8 Å². The highest BCUT2D eigenvalue weighted by Gasteiger charge is 2.18. The molecule has 0 aromatic heterocycles. The number of nitrogens with zero attached hydrogens (tertiary/aromatic N) is 1. The zero-order valence-electron chi connectivity index (χ0n) is 9.45. The lowest BCUT2D eigenvalue weighted by atomic mass is 9.86. The summed E-state index contributed by atoms with van der Waals surface area (Å²) in [5, 5.41) is 0. The highest BCUT2D eigenvalue weighted by molar-refractivity contribution is 6.03. The minimum absolute atomic E-state index is 0.310. The van der Waals surface area contributed by atoms with Gasteiger partial charge in [-0.25, -0.2) is 0 Å². The van der Waals surface area contributed by atoms with Crippen LogP contribution in [0.25, 0.3) is 0 Å². The fraction of sp³-hybridized carbons (Fsp3) is 0.0625. The molecule has 0 fully saturated rings. The first-order valence-corrected chi connectivity index (χ1v) is 5.80. The van der Waals surface area contributed by atoms with Crippen molar-refractivity contribution in [3.8, 4) is 0 Å². The van der Waals surface area contributed by atoms with Gasteiger partial charge < -0.3 is 0 Å². The zero-order valence-corrected chi connectivity index (χ0v) is 9.45. The molecule has 1 nitrogen and oxygen atoms in total. The number of para-hydroxylation sites is 1. The van der Waals surface area contributed by atoms with Gasteiger partial charge in [-0.2, -0.15) is 0 Å². The van der Waals surface area contributed by atoms with Crippen LogP contribution in [0.2, 0.25) is 0 Å². The van der Waals surface area contributed by atoms with E-state index in [-0.39, 0.29) is 0 Å². The van der Waals surface area contributed by atoms with Crippen molar-refractivity contribution in [3.63, 3.8) is 0 Å². The number of hydrogen-bond acceptors (Lipinski definition) is 1. The molecule has 1 unspecified atom stereocenters. The van der Waals surface area contributed by atoms with Crippen LogP contribution in [-0.2, 0) is 0 Å². The molecule has 0 amide bonds. The van der Waals surface area contributed by atoms with Gasteiger partial charge in [0.15, 0.2) is 0 Å². The van der Waals surface area contributed by atoms with Gasteiger partial charge >= 0.3 is 0 Å². The average molecular weight is 219 g/mol. The van der Waals surface area contributed by atoms with Crippen LogP contribution in [0.3, 0.4) is 0 Å². The summed E-state index contributed by atoms with van der Waals surface area (Å²) in [4.78, 5) is 4.71. The van der Waals surface area contributed by atoms with Gasteiger partial charge in [0.05, 0.1) is 11.4 Å². The maximum atomic E-state index is 4.71. The van der Waals surface area contributed by atoms with E-state index in [2.05, 4.69) is 42.5 Å². The molecule has 1 aromatic carbocycles. The first-order chi connectivity index (χ1) is 8.43. The summed E-state index contributed by atoms with van der Waals surface area (Å²) in [6, 6.07) is 10.1. The van der Waals surface area contributed by atoms with Crippen molar-refractivity contribution < 1.29 is 0 Å². The minimum atomic E-state index is 0.310. The molecule has 0 saturated carbocycles. The summed E-state index contributed by atoms with van der Waals surface area (Å²) in [7, 11) is 0. The third-order valence-corrected chi connectivity index (χ3v) is 2.95. The maximum absolute atomic E-state index is 4.71. The summed E-state index contributed by atoms with van der Waals surface area (Å²) < 4.78 is 0. The molecule has 1 heteroatoms. The SMILES string of the molecule is C1=CC2=CC=CC(=Nc3ccccc3)C2C=C1. The number of aliphatic imine (C=N–C) groups is 1. The second kappa shape index (κ2) is 4.38. The number of hydrogen-bond donors (Lipinski definition) is 0. The van der Waals surface area contributed by atoms with Gasteiger partial charge in [0, 0.05) is 5.92 Å². The lowest BCUT2D eigenvalue weighted by Gasteiger charge is -2.20. The van der Waals surface area contributed by atoms with E-state index < -0.39 is 0 Å². The van der Waals surface area contributed by atoms with Crippen molar-refractivity contribution in [1.82, 2.24) is 0 Å². The van der Waals surface area contributed by atoms with Crippen LogP contribution in [-0.4, -0.2) is 5.71 Å². The molecular formula is C16H13N. The molecule has 0 heterocycles. The van der Waals surface area contributed by atoms with Gasteiger partial charge in [0.2, 0.25) is 0 Å². The van der Waals surface area contributed by atoms with E-state index >= 15 is 0 Å². The van der Waals surface area contributed by atoms with E-state index in [1.54, 1.807) is 0 Å². The molecule has 3 rings (SSSR count). The Morgan fingerprint density at radius 2 is 1.76 bits per heavy atom. The molecule has 0 radical (unpaired) electrons. The van der Waals surface area contributed by atoms with Crippen molar-refractivity contribution in [2.45, 2.75) is 0 Å². The molecule has 17 heavy (non-hydrogen) atoms. The summed E-state index contributed by atoms with van der Waals surface area (Å²) in [5.41, 5.74) is 3.43. The Morgan fingerprint density at radius 1 is 0.882 bits per heavy atom. The van der Waals surface area contributed by atoms with Crippen molar-refractivity contribution in [2.75, 3.05) is 0 Å². The second-order valence-corrected chi connectivity index (χ2v) is 4.12. The molecule has 0 N–H and O–H groups in total. The third kappa shape index (κ3) is 2.04. The van der Waals surface area contributed by atoms with Crippen LogP contribution in [0.4, 0.5) is 5.69 Å². The van der Waals surface area contributed by atoms with Gasteiger partial charge in [-0.15, -0.1) is 0 Å². The normalized spacial score (nSPS) is 23.6. The molecule has 2 aliphatic rings. The molecule has 0 aliphatic heterocycles. The first kappa shape index (κ1) is 10.0. The Kier molecular flexibility index (Phi) is 2.59. The van der Waals surface area contributed by atoms with E-state index in [0.717, 1.165) is 11.4 Å². The van der Waals surface area contributed by atoms with Crippen molar-refractivity contribution in [1.29, 1.82) is 0 Å². The third-order valence-electron chi connectivity index (χ3n) is 2.95. The van der Waals surface area contributed by atoms with Crippen molar-refractivity contribution in [3.05, 3.63) is 78.4 Å². The Balaban J connectivity index is 1.97. The summed E-state index contributed by atoms with van der Waals surface area (Å²) in [5.74, 6) is 0.310. The molecule has 82 valence electrons. The van der Waals surface area contributed by atoms with Crippen molar-refractivity contribution in [2.24, 2.45) is 10.9 Å². The second-order valence-electron chi connectivity index (χ2n) is 4.12. The number of fused-ring (bicyclic) bond motifs is 1. The topological polar surface area (TPSA) is 12.4 Å². The maximum Gasteiger partial charge on any atom is 0.0633 e. The Morgan fingerprint density at radius 3 is 2.65 bits per heavy atom. The predicted octanol–water partition coefficient (Wildman–Crippen LogP) is 4.00. The van der Waals surface area contributed by atoms with Gasteiger partial charge in [-0.1, -0.05) is 54.7 Å². The number of rotatable bonds is 1. The standard InChI is InChI=1S/C16H13N/c1-2-9-14(10-3-1)17-16-12-6-8-13-7-4-5-11-15(13)16/h1-12,15H. The van der Waals surface area contributed by atoms with Crippen LogP contribution >= 0.6 is 0 Å². The molecule has 0 spiro atoms. The highest BCUT2D eigenvalue weighted by Crippen LogP contribution is 2.26. The molecule has 2 aliphatic carbocycles. The van der Waals surface area contributed by atoms with Crippen LogP contribution in [0, 0.1) is 5.92 Å². The largest absolute Gasteiger partial charge is 0.252 e. The summed E-state index contributed by atoms with van der Waals surface area (Å²) in [6.45, 7) is 0. The molecule has 0 bridgehead atoms. The first-order valence-electron chi connectivity index (χ1n) is 5.80. The van der Waals surface area contributed by atoms with Crippen LogP contribution in [0.15, 0.2) is 83.4 Å². The van der Waals surface area contributed by atoms with E-state index in [9.17, 15) is 0 Å². The molecule has 1 aromatic rings. The van der Waals surface area contributed by atoms with Gasteiger partial charge in [0.1, 0.15) is 0 Å². The van der Waals surface area contributed by atoms with Crippen LogP contribution in [0.5, 0.6) is 0 Å². The van der Waals surface area contributed by atoms with Gasteiger partial charge in [-0.3, -0.25) is 4.99 Å². The summed E-state index contributed by atoms with van der Waals surface area (Å²) >= 11 is 0. The van der Waals surface area contributed by atoms with E-state index in [1.807, 2.05) is 30.3 Å². The molecular weight excluding hydrogens is 206 g/mol. The number of allylic oxidation sites excluding steroid dienone is 8. The highest BCUT2D eigenvalue weighted by atomic mass is 14.7. The molecule has 0 saturated heterocycles. The average Bonchev–Trinajstić information content (AvgIpc) is 2.40. The van der Waals surface area contributed by atoms with E-state index in [4.69, 9.17) is 4.99 Å². The Hall–Kier alpha value is -2.15. The fourth-order valence-electron chi connectivity index (χ4n) is 2.11. The lowest BCUT2D eigenvalue weighted by molar-refractivity contribution is 1.05. The minimum Gasteiger partial charge on any atom is -0.252 e. The smallest absolute Gasteiger partial charge is 0.0633 e. The van der Waals surface area contributed by atoms with E-state index in [1.165, 1.54) is 5.57 Å². The van der Waals surface area contributed by atoms with Gasteiger partial charge in [0.25, 0.3) is 0 Å². The van der Waals surface area contributed by atoms with Crippen molar-refractivity contribution >= 4 is 11.4 Å². The van der Waals surface area contributed by atoms with Crippen LogP contribution < -0.4 is 0 Å². The quantitative estimate of drug-likeness (QED) is 0.677. The monoisotopic (exact) mass is 219 g/mol. The van der Waals surface area contributed by atoms with Crippen LogP contribution in [0.1, 0.15) is 0 Å². The Labute approximate surface area is 101 Å². The lowest BCUT2D eigenvalue weighted by Crippen LogP contribution is -2.15. The fourth-order valence-corrected chi connectivity index (χ4v) is 2.11. The van der Waals surface area contributed by atoms with E-state index in [0.29, 0.717) is 5.92 Å². The summed E-state index contributed by atoms with van der Waals surface area (Å²) in [6.07, 6.45) is 14.8. The Bertz CT molecular complexity index is 556. The zero-order chi connectivity index (χ0) is 11.5. The number of benzene rings is 1.